The first-order valence-corrected chi connectivity index (χ1v) is 6.71. The third-order valence-corrected chi connectivity index (χ3v) is 4.28. The van der Waals surface area contributed by atoms with Gasteiger partial charge in [-0.2, -0.15) is 0 Å². The molecule has 0 bridgehead atoms. The highest BCUT2D eigenvalue weighted by molar-refractivity contribution is 5.90. The van der Waals surface area contributed by atoms with Gasteiger partial charge in [-0.1, -0.05) is 27.2 Å². The Labute approximate surface area is 108 Å². The minimum atomic E-state index is -1.04. The molecule has 1 rings (SSSR count). The fourth-order valence-electron chi connectivity index (χ4n) is 2.62. The lowest BCUT2D eigenvalue weighted by Crippen LogP contribution is -2.58. The molecule has 0 saturated carbocycles. The van der Waals surface area contributed by atoms with Gasteiger partial charge in [0.25, 0.3) is 0 Å². The molecule has 5 nitrogen and oxygen atoms in total. The molecule has 104 valence electrons. The van der Waals surface area contributed by atoms with Crippen molar-refractivity contribution in [2.45, 2.75) is 58.0 Å². The normalized spacial score (nSPS) is 27.0. The lowest BCUT2D eigenvalue weighted by molar-refractivity contribution is -0.157. The SMILES string of the molecule is CCC(C)C(N)C(=O)N1CCCC1(CC)C(=O)O. The van der Waals surface area contributed by atoms with E-state index in [9.17, 15) is 14.7 Å². The fraction of sp³-hybridized carbons (Fsp3) is 0.846. The number of carboxylic acid groups (broad SMARTS) is 1. The molecule has 3 atom stereocenters. The molecule has 0 spiro atoms. The Hall–Kier alpha value is -1.10. The molecule has 5 heteroatoms. The first kappa shape index (κ1) is 15.0. The van der Waals surface area contributed by atoms with Crippen LogP contribution in [0.4, 0.5) is 0 Å². The van der Waals surface area contributed by atoms with Crippen LogP contribution in [0.25, 0.3) is 0 Å². The van der Waals surface area contributed by atoms with Gasteiger partial charge < -0.3 is 15.7 Å². The van der Waals surface area contributed by atoms with E-state index in [1.807, 2.05) is 20.8 Å². The van der Waals surface area contributed by atoms with Gasteiger partial charge in [0.05, 0.1) is 6.04 Å². The molecule has 3 N–H and O–H groups in total. The second-order valence-corrected chi connectivity index (χ2v) is 5.20. The summed E-state index contributed by atoms with van der Waals surface area (Å²) in [4.78, 5) is 25.4. The largest absolute Gasteiger partial charge is 0.479 e. The van der Waals surface area contributed by atoms with Gasteiger partial charge in [-0.05, 0) is 25.2 Å². The molecule has 1 fully saturated rings. The number of aliphatic carboxylic acids is 1. The maximum atomic E-state index is 12.4. The van der Waals surface area contributed by atoms with Gasteiger partial charge in [-0.3, -0.25) is 4.79 Å². The molecule has 18 heavy (non-hydrogen) atoms. The van der Waals surface area contributed by atoms with Gasteiger partial charge in [0.15, 0.2) is 0 Å². The highest BCUT2D eigenvalue weighted by Gasteiger charge is 2.49. The maximum Gasteiger partial charge on any atom is 0.329 e. The van der Waals surface area contributed by atoms with Gasteiger partial charge in [0.1, 0.15) is 5.54 Å². The van der Waals surface area contributed by atoms with Crippen molar-refractivity contribution in [3.63, 3.8) is 0 Å². The average Bonchev–Trinajstić information content (AvgIpc) is 2.80. The third-order valence-electron chi connectivity index (χ3n) is 4.28. The van der Waals surface area contributed by atoms with E-state index in [2.05, 4.69) is 0 Å². The second-order valence-electron chi connectivity index (χ2n) is 5.20. The third kappa shape index (κ3) is 2.36. The Kier molecular flexibility index (Phi) is 4.73. The molecule has 0 aromatic carbocycles. The first-order chi connectivity index (χ1) is 8.40. The maximum absolute atomic E-state index is 12.4. The summed E-state index contributed by atoms with van der Waals surface area (Å²) in [6.45, 7) is 6.22. The van der Waals surface area contributed by atoms with Crippen LogP contribution in [0.2, 0.25) is 0 Å². The number of carbonyl (C=O) groups excluding carboxylic acids is 1. The zero-order valence-electron chi connectivity index (χ0n) is 11.5. The van der Waals surface area contributed by atoms with Crippen LogP contribution in [0.15, 0.2) is 0 Å². The smallest absolute Gasteiger partial charge is 0.329 e. The number of rotatable bonds is 5. The van der Waals surface area contributed by atoms with Crippen LogP contribution in [0.3, 0.4) is 0 Å². The van der Waals surface area contributed by atoms with E-state index in [-0.39, 0.29) is 11.8 Å². The van der Waals surface area contributed by atoms with E-state index in [1.54, 1.807) is 0 Å². The Morgan fingerprint density at radius 3 is 2.50 bits per heavy atom. The van der Waals surface area contributed by atoms with Crippen molar-refractivity contribution in [2.75, 3.05) is 6.54 Å². The minimum absolute atomic E-state index is 0.0708. The van der Waals surface area contributed by atoms with E-state index in [0.29, 0.717) is 19.4 Å². The van der Waals surface area contributed by atoms with Crippen LogP contribution in [0.5, 0.6) is 0 Å². The number of nitrogens with zero attached hydrogens (tertiary/aromatic N) is 1. The molecule has 0 aromatic heterocycles. The summed E-state index contributed by atoms with van der Waals surface area (Å²) in [5.74, 6) is -1.06. The Balaban J connectivity index is 2.94. The van der Waals surface area contributed by atoms with Crippen LogP contribution >= 0.6 is 0 Å². The molecule has 0 aromatic rings. The van der Waals surface area contributed by atoms with E-state index in [1.165, 1.54) is 4.90 Å². The Morgan fingerprint density at radius 1 is 1.44 bits per heavy atom. The highest BCUT2D eigenvalue weighted by Crippen LogP contribution is 2.33. The molecule has 1 amide bonds. The van der Waals surface area contributed by atoms with Crippen molar-refractivity contribution in [1.29, 1.82) is 0 Å². The topological polar surface area (TPSA) is 83.6 Å². The van der Waals surface area contributed by atoms with Crippen molar-refractivity contribution >= 4 is 11.9 Å². The zero-order valence-corrected chi connectivity index (χ0v) is 11.5. The van der Waals surface area contributed by atoms with E-state index >= 15 is 0 Å². The number of nitrogens with two attached hydrogens (primary N) is 1. The molecular weight excluding hydrogens is 232 g/mol. The molecule has 1 aliphatic heterocycles. The predicted octanol–water partition coefficient (Wildman–Crippen LogP) is 1.22. The van der Waals surface area contributed by atoms with Gasteiger partial charge in [0.2, 0.25) is 5.91 Å². The van der Waals surface area contributed by atoms with Crippen molar-refractivity contribution in [3.05, 3.63) is 0 Å². The van der Waals surface area contributed by atoms with Crippen LogP contribution in [-0.2, 0) is 9.59 Å². The lowest BCUT2D eigenvalue weighted by Gasteiger charge is -2.36. The Morgan fingerprint density at radius 2 is 2.06 bits per heavy atom. The number of hydrogen-bond acceptors (Lipinski definition) is 3. The molecule has 0 radical (unpaired) electrons. The summed E-state index contributed by atoms with van der Waals surface area (Å²) in [6.07, 6.45) is 2.51. The van der Waals surface area contributed by atoms with Crippen molar-refractivity contribution in [3.8, 4) is 0 Å². The second kappa shape index (κ2) is 5.69. The number of carbonyl (C=O) groups is 2. The summed E-state index contributed by atoms with van der Waals surface area (Å²) in [5, 5.41) is 9.43. The van der Waals surface area contributed by atoms with Crippen molar-refractivity contribution in [2.24, 2.45) is 11.7 Å². The van der Waals surface area contributed by atoms with Crippen LogP contribution in [0.1, 0.15) is 46.5 Å². The summed E-state index contributed by atoms with van der Waals surface area (Å²) < 4.78 is 0. The van der Waals surface area contributed by atoms with Crippen molar-refractivity contribution < 1.29 is 14.7 Å². The predicted molar refractivity (Wildman–Crippen MR) is 69.0 cm³/mol. The first-order valence-electron chi connectivity index (χ1n) is 6.71. The molecule has 3 unspecified atom stereocenters. The van der Waals surface area contributed by atoms with E-state index in [4.69, 9.17) is 5.73 Å². The fourth-order valence-corrected chi connectivity index (χ4v) is 2.62. The lowest BCUT2D eigenvalue weighted by atomic mass is 9.91. The van der Waals surface area contributed by atoms with Gasteiger partial charge in [-0.25, -0.2) is 4.79 Å². The van der Waals surface area contributed by atoms with Crippen LogP contribution in [-0.4, -0.2) is 40.0 Å². The molecule has 1 heterocycles. The number of carboxylic acids is 1. The van der Waals surface area contributed by atoms with Gasteiger partial charge in [-0.15, -0.1) is 0 Å². The number of hydrogen-bond donors (Lipinski definition) is 2. The zero-order chi connectivity index (χ0) is 13.9. The van der Waals surface area contributed by atoms with Crippen molar-refractivity contribution in [1.82, 2.24) is 4.90 Å². The molecule has 1 aliphatic rings. The summed E-state index contributed by atoms with van der Waals surface area (Å²) in [5.41, 5.74) is 4.90. The standard InChI is InChI=1S/C13H24N2O3/c1-4-9(3)10(14)11(16)15-8-6-7-13(15,5-2)12(17)18/h9-10H,4-8,14H2,1-3H3,(H,17,18). The summed E-state index contributed by atoms with van der Waals surface area (Å²) in [6, 6.07) is -0.599. The van der Waals surface area contributed by atoms with Crippen LogP contribution < -0.4 is 5.73 Å². The minimum Gasteiger partial charge on any atom is -0.479 e. The number of amides is 1. The monoisotopic (exact) mass is 256 g/mol. The molecule has 1 saturated heterocycles. The molecule has 0 aliphatic carbocycles. The van der Waals surface area contributed by atoms with E-state index in [0.717, 1.165) is 12.8 Å². The van der Waals surface area contributed by atoms with Crippen LogP contribution in [0, 0.1) is 5.92 Å². The van der Waals surface area contributed by atoms with Gasteiger partial charge in [0, 0.05) is 6.54 Å². The quantitative estimate of drug-likeness (QED) is 0.774. The average molecular weight is 256 g/mol. The summed E-state index contributed by atoms with van der Waals surface area (Å²) in [7, 11) is 0. The van der Waals surface area contributed by atoms with Gasteiger partial charge >= 0.3 is 5.97 Å². The molecular formula is C13H24N2O3. The highest BCUT2D eigenvalue weighted by atomic mass is 16.4. The van der Waals surface area contributed by atoms with E-state index < -0.39 is 17.6 Å². The Bertz CT molecular complexity index is 332. The number of likely N-dealkylation sites (tertiary alicyclic amines) is 1. The summed E-state index contributed by atoms with van der Waals surface area (Å²) >= 11 is 0.